The fraction of sp³-hybridized carbons (Fsp3) is 0.278. The maximum Gasteiger partial charge on any atom is 0.317 e. The summed E-state index contributed by atoms with van der Waals surface area (Å²) in [4.78, 5) is 12.0. The molecule has 0 bridgehead atoms. The van der Waals surface area contributed by atoms with Crippen molar-refractivity contribution in [2.24, 2.45) is 0 Å². The van der Waals surface area contributed by atoms with Crippen LogP contribution in [0, 0.1) is 0 Å². The molecule has 0 spiro atoms. The van der Waals surface area contributed by atoms with Gasteiger partial charge < -0.3 is 24.8 Å². The van der Waals surface area contributed by atoms with Crippen LogP contribution in [0.25, 0.3) is 0 Å². The Morgan fingerprint density at radius 2 is 1.96 bits per heavy atom. The van der Waals surface area contributed by atoms with Gasteiger partial charge in [0.2, 0.25) is 0 Å². The van der Waals surface area contributed by atoms with E-state index in [1.54, 1.807) is 31.2 Å². The Morgan fingerprint density at radius 1 is 1.24 bits per heavy atom. The predicted octanol–water partition coefficient (Wildman–Crippen LogP) is 3.20. The largest absolute Gasteiger partial charge is 0.486 e. The van der Waals surface area contributed by atoms with E-state index >= 15 is 0 Å². The van der Waals surface area contributed by atoms with Crippen LogP contribution in [0.1, 0.15) is 6.92 Å². The smallest absolute Gasteiger partial charge is 0.317 e. The Bertz CT molecular complexity index is 723. The summed E-state index contributed by atoms with van der Waals surface area (Å²) >= 11 is 5.82. The molecule has 0 fully saturated rings. The van der Waals surface area contributed by atoms with E-state index in [0.29, 0.717) is 35.4 Å². The maximum absolute atomic E-state index is 12.0. The summed E-state index contributed by atoms with van der Waals surface area (Å²) in [6.07, 6.45) is -0.737. The fourth-order valence-corrected chi connectivity index (χ4v) is 2.48. The summed E-state index contributed by atoms with van der Waals surface area (Å²) in [6, 6.07) is 14.0. The molecule has 2 N–H and O–H groups in total. The van der Waals surface area contributed by atoms with E-state index in [1.807, 2.05) is 24.3 Å². The first-order valence-corrected chi connectivity index (χ1v) is 8.33. The molecule has 7 heteroatoms. The minimum Gasteiger partial charge on any atom is -0.486 e. The molecule has 6 nitrogen and oxygen atoms in total. The van der Waals surface area contributed by atoms with Gasteiger partial charge in [-0.25, -0.2) is 4.79 Å². The highest BCUT2D eigenvalue weighted by Crippen LogP contribution is 2.30. The van der Waals surface area contributed by atoms with Gasteiger partial charge in [0.1, 0.15) is 12.4 Å². The van der Waals surface area contributed by atoms with Crippen molar-refractivity contribution in [2.45, 2.75) is 19.3 Å². The lowest BCUT2D eigenvalue weighted by atomic mass is 10.2. The predicted molar refractivity (Wildman–Crippen MR) is 94.4 cm³/mol. The molecular formula is C18H19ClN2O4. The molecule has 132 valence electrons. The van der Waals surface area contributed by atoms with Crippen LogP contribution in [-0.4, -0.2) is 31.5 Å². The normalized spacial score (nSPS) is 16.6. The fourth-order valence-electron chi connectivity index (χ4n) is 2.35. The average molecular weight is 363 g/mol. The zero-order valence-corrected chi connectivity index (χ0v) is 14.5. The minimum atomic E-state index is -0.495. The van der Waals surface area contributed by atoms with Crippen molar-refractivity contribution >= 4 is 17.6 Å². The highest BCUT2D eigenvalue weighted by Gasteiger charge is 2.21. The third kappa shape index (κ3) is 4.93. The number of benzene rings is 2. The molecule has 0 aliphatic carbocycles. The Morgan fingerprint density at radius 3 is 2.72 bits per heavy atom. The molecular weight excluding hydrogens is 344 g/mol. The first-order valence-electron chi connectivity index (χ1n) is 7.95. The van der Waals surface area contributed by atoms with Gasteiger partial charge in [0.05, 0.1) is 6.54 Å². The summed E-state index contributed by atoms with van der Waals surface area (Å²) in [7, 11) is 0. The molecule has 3 rings (SSSR count). The Balaban J connectivity index is 1.41. The van der Waals surface area contributed by atoms with Crippen LogP contribution in [0.2, 0.25) is 5.02 Å². The molecule has 1 heterocycles. The number of urea groups is 1. The third-order valence-electron chi connectivity index (χ3n) is 3.52. The van der Waals surface area contributed by atoms with Crippen molar-refractivity contribution in [2.75, 3.05) is 13.2 Å². The minimum absolute atomic E-state index is 0.242. The van der Waals surface area contributed by atoms with E-state index in [0.717, 1.165) is 0 Å². The molecule has 2 unspecified atom stereocenters. The van der Waals surface area contributed by atoms with E-state index in [1.165, 1.54) is 0 Å². The van der Waals surface area contributed by atoms with Crippen LogP contribution in [0.3, 0.4) is 0 Å². The van der Waals surface area contributed by atoms with Crippen LogP contribution in [0.15, 0.2) is 48.5 Å². The highest BCUT2D eigenvalue weighted by atomic mass is 35.5. The molecule has 2 aromatic rings. The maximum atomic E-state index is 12.0. The number of rotatable bonds is 5. The van der Waals surface area contributed by atoms with Crippen molar-refractivity contribution in [3.8, 4) is 17.2 Å². The molecule has 25 heavy (non-hydrogen) atoms. The van der Waals surface area contributed by atoms with Crippen molar-refractivity contribution in [1.82, 2.24) is 10.6 Å². The second-order valence-electron chi connectivity index (χ2n) is 5.57. The zero-order valence-electron chi connectivity index (χ0n) is 13.7. The lowest BCUT2D eigenvalue weighted by Crippen LogP contribution is -2.47. The molecule has 0 saturated heterocycles. The number of carbonyl (C=O) groups is 1. The van der Waals surface area contributed by atoms with Gasteiger partial charge in [0.15, 0.2) is 23.8 Å². The van der Waals surface area contributed by atoms with Crippen molar-refractivity contribution in [3.05, 3.63) is 53.6 Å². The summed E-state index contributed by atoms with van der Waals surface area (Å²) in [5.74, 6) is 2.02. The molecule has 0 saturated carbocycles. The van der Waals surface area contributed by atoms with Gasteiger partial charge in [0.25, 0.3) is 0 Å². The molecule has 2 atom stereocenters. The number of ether oxygens (including phenoxy) is 3. The van der Waals surface area contributed by atoms with E-state index < -0.39 is 6.23 Å². The van der Waals surface area contributed by atoms with Crippen LogP contribution in [0.4, 0.5) is 4.79 Å². The van der Waals surface area contributed by atoms with Crippen molar-refractivity contribution < 1.29 is 19.0 Å². The third-order valence-corrected chi connectivity index (χ3v) is 3.77. The van der Waals surface area contributed by atoms with Crippen LogP contribution in [0.5, 0.6) is 17.2 Å². The van der Waals surface area contributed by atoms with Crippen LogP contribution in [-0.2, 0) is 0 Å². The van der Waals surface area contributed by atoms with E-state index in [9.17, 15) is 4.79 Å². The van der Waals surface area contributed by atoms with E-state index in [2.05, 4.69) is 10.6 Å². The number of nitrogens with one attached hydrogen (secondary N) is 2. The molecule has 1 aliphatic rings. The van der Waals surface area contributed by atoms with Crippen molar-refractivity contribution in [1.29, 1.82) is 0 Å². The molecule has 0 aromatic heterocycles. The number of para-hydroxylation sites is 2. The molecule has 2 aromatic carbocycles. The van der Waals surface area contributed by atoms with E-state index in [-0.39, 0.29) is 12.1 Å². The van der Waals surface area contributed by atoms with Gasteiger partial charge in [-0.1, -0.05) is 23.7 Å². The van der Waals surface area contributed by atoms with Gasteiger partial charge in [-0.2, -0.15) is 0 Å². The first-order chi connectivity index (χ1) is 12.1. The second-order valence-corrected chi connectivity index (χ2v) is 6.00. The van der Waals surface area contributed by atoms with Crippen LogP contribution >= 0.6 is 11.6 Å². The van der Waals surface area contributed by atoms with Crippen LogP contribution < -0.4 is 24.8 Å². The van der Waals surface area contributed by atoms with Gasteiger partial charge in [-0.3, -0.25) is 0 Å². The Kier molecular flexibility index (Phi) is 5.50. The number of fused-ring (bicyclic) bond motifs is 1. The average Bonchev–Trinajstić information content (AvgIpc) is 2.61. The summed E-state index contributed by atoms with van der Waals surface area (Å²) in [5, 5.41) is 6.08. The van der Waals surface area contributed by atoms with Gasteiger partial charge in [-0.05, 0) is 43.3 Å². The number of hydrogen-bond acceptors (Lipinski definition) is 4. The highest BCUT2D eigenvalue weighted by molar-refractivity contribution is 6.30. The Labute approximate surface area is 151 Å². The monoisotopic (exact) mass is 362 g/mol. The molecule has 0 radical (unpaired) electrons. The summed E-state index contributed by atoms with van der Waals surface area (Å²) in [6.45, 7) is 2.45. The lowest BCUT2D eigenvalue weighted by Gasteiger charge is -2.26. The van der Waals surface area contributed by atoms with Gasteiger partial charge >= 0.3 is 6.03 Å². The lowest BCUT2D eigenvalue weighted by molar-refractivity contribution is 0.0910. The number of hydrogen-bond donors (Lipinski definition) is 2. The number of carbonyl (C=O) groups excluding carboxylic acids is 1. The SMILES string of the molecule is CC(NC(=O)NCC1COc2ccccc2O1)Oc1ccc(Cl)cc1. The summed E-state index contributed by atoms with van der Waals surface area (Å²) < 4.78 is 17.0. The molecule has 2 amide bonds. The van der Waals surface area contributed by atoms with Gasteiger partial charge in [-0.15, -0.1) is 0 Å². The molecule has 1 aliphatic heterocycles. The number of halogens is 1. The zero-order chi connectivity index (χ0) is 17.6. The second kappa shape index (κ2) is 7.98. The topological polar surface area (TPSA) is 68.8 Å². The quantitative estimate of drug-likeness (QED) is 0.801. The van der Waals surface area contributed by atoms with Gasteiger partial charge in [0, 0.05) is 5.02 Å². The van der Waals surface area contributed by atoms with E-state index in [4.69, 9.17) is 25.8 Å². The number of amides is 2. The Hall–Kier alpha value is -2.60. The first kappa shape index (κ1) is 17.2. The summed E-state index contributed by atoms with van der Waals surface area (Å²) in [5.41, 5.74) is 0. The van der Waals surface area contributed by atoms with Crippen molar-refractivity contribution in [3.63, 3.8) is 0 Å². The standard InChI is InChI=1S/C18H19ClN2O4/c1-12(24-14-8-6-13(19)7-9-14)21-18(22)20-10-15-11-23-16-4-2-3-5-17(16)25-15/h2-9,12,15H,10-11H2,1H3,(H2,20,21,22).